The summed E-state index contributed by atoms with van der Waals surface area (Å²) in [5.74, 6) is 1.23. The van der Waals surface area contributed by atoms with Crippen LogP contribution in [0.15, 0.2) is 35.6 Å². The van der Waals surface area contributed by atoms with Crippen molar-refractivity contribution in [1.29, 1.82) is 0 Å². The topological polar surface area (TPSA) is 65.8 Å². The van der Waals surface area contributed by atoms with Crippen LogP contribution in [0.25, 0.3) is 0 Å². The van der Waals surface area contributed by atoms with E-state index in [1.807, 2.05) is 18.2 Å². The first-order valence-corrected chi connectivity index (χ1v) is 8.12. The Balaban J connectivity index is 1.67. The number of ether oxygens (including phenoxy) is 3. The summed E-state index contributed by atoms with van der Waals surface area (Å²) in [6.45, 7) is 2.12. The van der Waals surface area contributed by atoms with E-state index in [2.05, 4.69) is 9.97 Å². The number of rotatable bonds is 4. The summed E-state index contributed by atoms with van der Waals surface area (Å²) < 4.78 is 16.8. The first-order valence-electron chi connectivity index (χ1n) is 8.12. The Kier molecular flexibility index (Phi) is 4.13. The highest BCUT2D eigenvalue weighted by molar-refractivity contribution is 6.16. The lowest BCUT2D eigenvalue weighted by Crippen LogP contribution is -2.27. The number of hydrogen-bond donors (Lipinski definition) is 0. The molecule has 0 N–H and O–H groups in total. The fourth-order valence-electron chi connectivity index (χ4n) is 3.05. The Morgan fingerprint density at radius 3 is 2.79 bits per heavy atom. The van der Waals surface area contributed by atoms with Gasteiger partial charge in [-0.05, 0) is 17.7 Å². The van der Waals surface area contributed by atoms with Crippen LogP contribution >= 0.6 is 0 Å². The molecule has 124 valence electrons. The van der Waals surface area contributed by atoms with Gasteiger partial charge in [-0.25, -0.2) is 9.97 Å². The molecule has 0 aliphatic carbocycles. The molecule has 0 radical (unpaired) electrons. The fourth-order valence-corrected chi connectivity index (χ4v) is 3.05. The van der Waals surface area contributed by atoms with Gasteiger partial charge >= 0.3 is 0 Å². The minimum atomic E-state index is 0.145. The van der Waals surface area contributed by atoms with E-state index < -0.39 is 0 Å². The predicted molar refractivity (Wildman–Crippen MR) is 88.8 cm³/mol. The van der Waals surface area contributed by atoms with Gasteiger partial charge in [0.15, 0.2) is 0 Å². The van der Waals surface area contributed by atoms with Gasteiger partial charge < -0.3 is 14.2 Å². The maximum absolute atomic E-state index is 6.19. The number of nitrogens with zero attached hydrogens (tertiary/aromatic N) is 3. The third-order valence-electron chi connectivity index (χ3n) is 4.31. The van der Waals surface area contributed by atoms with Gasteiger partial charge in [0.25, 0.3) is 0 Å². The highest BCUT2D eigenvalue weighted by Crippen LogP contribution is 2.31. The van der Waals surface area contributed by atoms with Crippen LogP contribution in [0, 0.1) is 0 Å². The minimum absolute atomic E-state index is 0.145. The molecule has 2 aromatic heterocycles. The predicted octanol–water partition coefficient (Wildman–Crippen LogP) is 2.39. The highest BCUT2D eigenvalue weighted by atomic mass is 16.5. The second-order valence-corrected chi connectivity index (χ2v) is 5.83. The first kappa shape index (κ1) is 15.1. The Hall–Kier alpha value is -2.47. The molecule has 0 aromatic carbocycles. The van der Waals surface area contributed by atoms with Crippen LogP contribution < -0.4 is 9.47 Å². The fraction of sp³-hybridized carbons (Fsp3) is 0.389. The van der Waals surface area contributed by atoms with Crippen LogP contribution in [0.1, 0.15) is 29.5 Å². The van der Waals surface area contributed by atoms with E-state index >= 15 is 0 Å². The van der Waals surface area contributed by atoms with Crippen molar-refractivity contribution in [3.8, 4) is 11.8 Å². The molecular weight excluding hydrogens is 306 g/mol. The van der Waals surface area contributed by atoms with Crippen LogP contribution in [0.5, 0.6) is 11.8 Å². The molecule has 0 bridgehead atoms. The zero-order valence-electron chi connectivity index (χ0n) is 13.6. The molecule has 2 aliphatic heterocycles. The van der Waals surface area contributed by atoms with Gasteiger partial charge in [-0.2, -0.15) is 0 Å². The quantitative estimate of drug-likeness (QED) is 0.863. The molecule has 4 rings (SSSR count). The molecule has 2 aliphatic rings. The zero-order valence-corrected chi connectivity index (χ0v) is 13.6. The van der Waals surface area contributed by atoms with Crippen LogP contribution in [-0.4, -0.2) is 42.1 Å². The SMILES string of the molecule is COc1cc(C2=NCc3ccnc(OC4CCOCC4)c32)ccn1. The van der Waals surface area contributed by atoms with E-state index in [0.29, 0.717) is 18.3 Å². The Morgan fingerprint density at radius 1 is 1.12 bits per heavy atom. The highest BCUT2D eigenvalue weighted by Gasteiger charge is 2.26. The molecule has 1 saturated heterocycles. The number of pyridine rings is 2. The number of aromatic nitrogens is 2. The maximum Gasteiger partial charge on any atom is 0.223 e. The minimum Gasteiger partial charge on any atom is -0.481 e. The Morgan fingerprint density at radius 2 is 1.96 bits per heavy atom. The van der Waals surface area contributed by atoms with Crippen molar-refractivity contribution in [1.82, 2.24) is 9.97 Å². The Bertz CT molecular complexity index is 770. The third-order valence-corrected chi connectivity index (χ3v) is 4.31. The summed E-state index contributed by atoms with van der Waals surface area (Å²) in [5.41, 5.74) is 3.97. The lowest BCUT2D eigenvalue weighted by atomic mass is 10.0. The summed E-state index contributed by atoms with van der Waals surface area (Å²) in [4.78, 5) is 13.3. The second-order valence-electron chi connectivity index (χ2n) is 5.83. The normalized spacial score (nSPS) is 17.3. The molecule has 2 aromatic rings. The molecular formula is C18H19N3O3. The van der Waals surface area contributed by atoms with Crippen molar-refractivity contribution in [2.45, 2.75) is 25.5 Å². The van der Waals surface area contributed by atoms with Crippen LogP contribution in [-0.2, 0) is 11.3 Å². The smallest absolute Gasteiger partial charge is 0.223 e. The molecule has 0 unspecified atom stereocenters. The number of fused-ring (bicyclic) bond motifs is 1. The van der Waals surface area contributed by atoms with Gasteiger partial charge in [0, 0.05) is 36.9 Å². The molecule has 0 spiro atoms. The molecule has 4 heterocycles. The number of methoxy groups -OCH3 is 1. The van der Waals surface area contributed by atoms with Crippen LogP contribution in [0.3, 0.4) is 0 Å². The Labute approximate surface area is 140 Å². The number of hydrogen-bond acceptors (Lipinski definition) is 6. The van der Waals surface area contributed by atoms with Crippen LogP contribution in [0.4, 0.5) is 0 Å². The number of aliphatic imine (C=N–C) groups is 1. The van der Waals surface area contributed by atoms with Gasteiger partial charge in [0.05, 0.1) is 38.1 Å². The van der Waals surface area contributed by atoms with E-state index in [-0.39, 0.29) is 6.10 Å². The van der Waals surface area contributed by atoms with Crippen molar-refractivity contribution in [3.63, 3.8) is 0 Å². The van der Waals surface area contributed by atoms with Gasteiger partial charge in [0.2, 0.25) is 11.8 Å². The largest absolute Gasteiger partial charge is 0.481 e. The van der Waals surface area contributed by atoms with Crippen molar-refractivity contribution in [2.24, 2.45) is 4.99 Å². The summed E-state index contributed by atoms with van der Waals surface area (Å²) >= 11 is 0. The third kappa shape index (κ3) is 2.85. The van der Waals surface area contributed by atoms with Crippen molar-refractivity contribution < 1.29 is 14.2 Å². The monoisotopic (exact) mass is 325 g/mol. The molecule has 6 nitrogen and oxygen atoms in total. The van der Waals surface area contributed by atoms with E-state index in [1.165, 1.54) is 0 Å². The molecule has 24 heavy (non-hydrogen) atoms. The average Bonchev–Trinajstić information content (AvgIpc) is 3.08. The van der Waals surface area contributed by atoms with Crippen molar-refractivity contribution in [3.05, 3.63) is 47.3 Å². The zero-order chi connectivity index (χ0) is 16.4. The van der Waals surface area contributed by atoms with Gasteiger partial charge in [-0.15, -0.1) is 0 Å². The average molecular weight is 325 g/mol. The maximum atomic E-state index is 6.19. The van der Waals surface area contributed by atoms with E-state index in [4.69, 9.17) is 19.2 Å². The van der Waals surface area contributed by atoms with E-state index in [0.717, 1.165) is 48.5 Å². The van der Waals surface area contributed by atoms with E-state index in [9.17, 15) is 0 Å². The summed E-state index contributed by atoms with van der Waals surface area (Å²) in [6.07, 6.45) is 5.44. The molecule has 0 atom stereocenters. The summed E-state index contributed by atoms with van der Waals surface area (Å²) in [7, 11) is 1.61. The molecule has 0 saturated carbocycles. The standard InChI is InChI=1S/C18H19N3O3/c1-22-15-10-12(2-6-19-15)17-16-13(11-21-17)3-7-20-18(16)24-14-4-8-23-9-5-14/h2-3,6-7,10,14H,4-5,8-9,11H2,1H3. The van der Waals surface area contributed by atoms with Crippen molar-refractivity contribution in [2.75, 3.05) is 20.3 Å². The van der Waals surface area contributed by atoms with Gasteiger partial charge in [-0.1, -0.05) is 0 Å². The van der Waals surface area contributed by atoms with Crippen LogP contribution in [0.2, 0.25) is 0 Å². The van der Waals surface area contributed by atoms with Gasteiger partial charge in [-0.3, -0.25) is 4.99 Å². The second kappa shape index (κ2) is 6.57. The summed E-state index contributed by atoms with van der Waals surface area (Å²) in [6, 6.07) is 5.82. The lowest BCUT2D eigenvalue weighted by molar-refractivity contribution is 0.0236. The van der Waals surface area contributed by atoms with Crippen molar-refractivity contribution >= 4 is 5.71 Å². The molecule has 1 fully saturated rings. The van der Waals surface area contributed by atoms with Gasteiger partial charge in [0.1, 0.15) is 6.10 Å². The van der Waals surface area contributed by atoms with E-state index in [1.54, 1.807) is 19.5 Å². The summed E-state index contributed by atoms with van der Waals surface area (Å²) in [5, 5.41) is 0. The first-order chi connectivity index (χ1) is 11.8. The molecule has 0 amide bonds. The lowest BCUT2D eigenvalue weighted by Gasteiger charge is -2.24. The molecule has 6 heteroatoms.